The van der Waals surface area contributed by atoms with E-state index in [1.54, 1.807) is 6.92 Å². The molecule has 5 nitrogen and oxygen atoms in total. The molecule has 1 aliphatic rings. The number of methoxy groups -OCH3 is 1. The van der Waals surface area contributed by atoms with Gasteiger partial charge in [0.05, 0.1) is 13.2 Å². The summed E-state index contributed by atoms with van der Waals surface area (Å²) < 4.78 is 4.36. The number of carbonyl (C=O) groups is 2. The van der Waals surface area contributed by atoms with Gasteiger partial charge in [0.25, 0.3) is 0 Å². The quantitative estimate of drug-likeness (QED) is 0.485. The highest BCUT2D eigenvalue weighted by Crippen LogP contribution is 2.20. The number of aliphatic hydroxyl groups excluding tert-OH is 1. The highest BCUT2D eigenvalue weighted by molar-refractivity contribution is 6.32. The SMILES string of the molecule is COC(=O)C(=O)N1CCC(C(C)O)CC1. The first-order chi connectivity index (χ1) is 7.06. The standard InChI is InChI=1S/C10H17NO4/c1-7(12)8-3-5-11(6-4-8)9(13)10(14)15-2/h7-8,12H,3-6H2,1-2H3. The van der Waals surface area contributed by atoms with Crippen LogP contribution in [0.2, 0.25) is 0 Å². The number of likely N-dealkylation sites (tertiary alicyclic amines) is 1. The second kappa shape index (κ2) is 5.11. The Morgan fingerprint density at radius 3 is 2.33 bits per heavy atom. The van der Waals surface area contributed by atoms with Gasteiger partial charge in [0, 0.05) is 13.1 Å². The fraction of sp³-hybridized carbons (Fsp3) is 0.800. The first kappa shape index (κ1) is 12.0. The van der Waals surface area contributed by atoms with Crippen molar-refractivity contribution >= 4 is 11.9 Å². The molecule has 5 heteroatoms. The molecule has 1 unspecified atom stereocenters. The Bertz CT molecular complexity index is 244. The number of nitrogens with zero attached hydrogens (tertiary/aromatic N) is 1. The van der Waals surface area contributed by atoms with Crippen LogP contribution < -0.4 is 0 Å². The van der Waals surface area contributed by atoms with Gasteiger partial charge in [-0.2, -0.15) is 0 Å². The fourth-order valence-corrected chi connectivity index (χ4v) is 1.80. The van der Waals surface area contributed by atoms with Crippen molar-refractivity contribution in [2.45, 2.75) is 25.9 Å². The van der Waals surface area contributed by atoms with Gasteiger partial charge in [-0.05, 0) is 25.7 Å². The van der Waals surface area contributed by atoms with E-state index in [9.17, 15) is 14.7 Å². The number of amides is 1. The minimum Gasteiger partial charge on any atom is -0.462 e. The van der Waals surface area contributed by atoms with Crippen LogP contribution in [-0.4, -0.2) is 48.2 Å². The topological polar surface area (TPSA) is 66.8 Å². The summed E-state index contributed by atoms with van der Waals surface area (Å²) in [5.74, 6) is -1.17. The van der Waals surface area contributed by atoms with Crippen LogP contribution in [0.3, 0.4) is 0 Å². The molecule has 86 valence electrons. The maximum atomic E-state index is 11.4. The van der Waals surface area contributed by atoms with E-state index in [2.05, 4.69) is 4.74 Å². The molecular weight excluding hydrogens is 198 g/mol. The van der Waals surface area contributed by atoms with Gasteiger partial charge in [0.2, 0.25) is 0 Å². The van der Waals surface area contributed by atoms with Crippen molar-refractivity contribution in [3.8, 4) is 0 Å². The summed E-state index contributed by atoms with van der Waals surface area (Å²) in [6, 6.07) is 0. The van der Waals surface area contributed by atoms with Crippen LogP contribution in [0.15, 0.2) is 0 Å². The first-order valence-electron chi connectivity index (χ1n) is 5.11. The van der Waals surface area contributed by atoms with Gasteiger partial charge in [0.15, 0.2) is 0 Å². The summed E-state index contributed by atoms with van der Waals surface area (Å²) in [5.41, 5.74) is 0. The van der Waals surface area contributed by atoms with Crippen LogP contribution in [0.4, 0.5) is 0 Å². The largest absolute Gasteiger partial charge is 0.462 e. The number of piperidine rings is 1. The second-order valence-corrected chi connectivity index (χ2v) is 3.86. The van der Waals surface area contributed by atoms with Crippen LogP contribution >= 0.6 is 0 Å². The summed E-state index contributed by atoms with van der Waals surface area (Å²) in [6.45, 7) is 2.79. The van der Waals surface area contributed by atoms with E-state index in [0.29, 0.717) is 13.1 Å². The molecule has 1 rings (SSSR count). The number of aliphatic hydroxyl groups is 1. The molecule has 15 heavy (non-hydrogen) atoms. The van der Waals surface area contributed by atoms with E-state index in [1.165, 1.54) is 12.0 Å². The molecule has 0 aromatic heterocycles. The Morgan fingerprint density at radius 1 is 1.40 bits per heavy atom. The van der Waals surface area contributed by atoms with Crippen LogP contribution in [-0.2, 0) is 14.3 Å². The van der Waals surface area contributed by atoms with E-state index in [-0.39, 0.29) is 12.0 Å². The van der Waals surface area contributed by atoms with Crippen molar-refractivity contribution in [3.05, 3.63) is 0 Å². The molecule has 0 radical (unpaired) electrons. The van der Waals surface area contributed by atoms with Gasteiger partial charge in [-0.3, -0.25) is 4.79 Å². The zero-order chi connectivity index (χ0) is 11.4. The van der Waals surface area contributed by atoms with Gasteiger partial charge < -0.3 is 14.7 Å². The van der Waals surface area contributed by atoms with Crippen LogP contribution in [0, 0.1) is 5.92 Å². The lowest BCUT2D eigenvalue weighted by atomic mass is 9.92. The van der Waals surface area contributed by atoms with E-state index in [1.807, 2.05) is 0 Å². The summed E-state index contributed by atoms with van der Waals surface area (Å²) in [6.07, 6.45) is 1.13. The minimum atomic E-state index is -0.814. The van der Waals surface area contributed by atoms with Crippen LogP contribution in [0.1, 0.15) is 19.8 Å². The lowest BCUT2D eigenvalue weighted by molar-refractivity contribution is -0.159. The zero-order valence-corrected chi connectivity index (χ0v) is 9.10. The molecule has 0 spiro atoms. The maximum Gasteiger partial charge on any atom is 0.396 e. The molecule has 1 heterocycles. The molecule has 1 atom stereocenters. The zero-order valence-electron chi connectivity index (χ0n) is 9.10. The molecule has 0 aliphatic carbocycles. The van der Waals surface area contributed by atoms with E-state index in [0.717, 1.165) is 12.8 Å². The summed E-state index contributed by atoms with van der Waals surface area (Å²) in [5, 5.41) is 9.36. The predicted octanol–water partition coefficient (Wildman–Crippen LogP) is -0.221. The lowest BCUT2D eigenvalue weighted by Gasteiger charge is -2.32. The third-order valence-electron chi connectivity index (χ3n) is 2.87. The number of esters is 1. The average molecular weight is 215 g/mol. The number of carbonyl (C=O) groups excluding carboxylic acids is 2. The van der Waals surface area contributed by atoms with Gasteiger partial charge in [-0.15, -0.1) is 0 Å². The van der Waals surface area contributed by atoms with Crippen molar-refractivity contribution in [2.24, 2.45) is 5.92 Å². The smallest absolute Gasteiger partial charge is 0.396 e. The Hall–Kier alpha value is -1.10. The Morgan fingerprint density at radius 2 is 1.93 bits per heavy atom. The molecule has 1 amide bonds. The van der Waals surface area contributed by atoms with Crippen molar-refractivity contribution in [3.63, 3.8) is 0 Å². The summed E-state index contributed by atoms with van der Waals surface area (Å²) >= 11 is 0. The Balaban J connectivity index is 2.44. The predicted molar refractivity (Wildman–Crippen MR) is 53.0 cm³/mol. The van der Waals surface area contributed by atoms with Gasteiger partial charge >= 0.3 is 11.9 Å². The number of hydrogen-bond acceptors (Lipinski definition) is 4. The van der Waals surface area contributed by atoms with Crippen LogP contribution in [0.5, 0.6) is 0 Å². The molecular formula is C10H17NO4. The summed E-state index contributed by atoms with van der Waals surface area (Å²) in [4.78, 5) is 23.8. The normalized spacial score (nSPS) is 19.8. The molecule has 1 aliphatic heterocycles. The molecule has 0 saturated carbocycles. The number of ether oxygens (including phenoxy) is 1. The second-order valence-electron chi connectivity index (χ2n) is 3.86. The van der Waals surface area contributed by atoms with Crippen molar-refractivity contribution in [2.75, 3.05) is 20.2 Å². The van der Waals surface area contributed by atoms with Crippen molar-refractivity contribution < 1.29 is 19.4 Å². The van der Waals surface area contributed by atoms with Crippen molar-refractivity contribution in [1.82, 2.24) is 4.90 Å². The first-order valence-corrected chi connectivity index (χ1v) is 5.11. The maximum absolute atomic E-state index is 11.4. The van der Waals surface area contributed by atoms with Gasteiger partial charge in [-0.1, -0.05) is 0 Å². The molecule has 1 fully saturated rings. The minimum absolute atomic E-state index is 0.228. The average Bonchev–Trinajstić information content (AvgIpc) is 2.27. The lowest BCUT2D eigenvalue weighted by Crippen LogP contribution is -2.44. The fourth-order valence-electron chi connectivity index (χ4n) is 1.80. The van der Waals surface area contributed by atoms with Gasteiger partial charge in [0.1, 0.15) is 0 Å². The summed E-state index contributed by atoms with van der Waals surface area (Å²) in [7, 11) is 1.20. The number of rotatable bonds is 1. The van der Waals surface area contributed by atoms with Crippen LogP contribution in [0.25, 0.3) is 0 Å². The monoisotopic (exact) mass is 215 g/mol. The highest BCUT2D eigenvalue weighted by Gasteiger charge is 2.28. The third kappa shape index (κ3) is 2.92. The van der Waals surface area contributed by atoms with E-state index < -0.39 is 11.9 Å². The Kier molecular flexibility index (Phi) is 4.08. The van der Waals surface area contributed by atoms with E-state index >= 15 is 0 Å². The third-order valence-corrected chi connectivity index (χ3v) is 2.87. The van der Waals surface area contributed by atoms with E-state index in [4.69, 9.17) is 0 Å². The molecule has 1 N–H and O–H groups in total. The molecule has 0 bridgehead atoms. The molecule has 0 aromatic rings. The molecule has 0 aromatic carbocycles. The number of hydrogen-bond donors (Lipinski definition) is 1. The van der Waals surface area contributed by atoms with Crippen molar-refractivity contribution in [1.29, 1.82) is 0 Å². The highest BCUT2D eigenvalue weighted by atomic mass is 16.5. The Labute approximate surface area is 89.0 Å². The molecule has 1 saturated heterocycles. The van der Waals surface area contributed by atoms with Gasteiger partial charge in [-0.25, -0.2) is 4.79 Å².